The molecule has 0 aliphatic carbocycles. The van der Waals surface area contributed by atoms with Crippen molar-refractivity contribution in [3.63, 3.8) is 0 Å². The third-order valence-electron chi connectivity index (χ3n) is 3.68. The van der Waals surface area contributed by atoms with Crippen LogP contribution in [0.1, 0.15) is 0 Å². The normalized spacial score (nSPS) is 11.1. The number of halogens is 3. The summed E-state index contributed by atoms with van der Waals surface area (Å²) in [4.78, 5) is 20.2. The number of hydrogen-bond acceptors (Lipinski definition) is 4. The van der Waals surface area contributed by atoms with Crippen molar-refractivity contribution in [2.45, 2.75) is 16.0 Å². The fourth-order valence-electron chi connectivity index (χ4n) is 2.44. The number of pyridine rings is 2. The second kappa shape index (κ2) is 8.26. The van der Waals surface area contributed by atoms with Gasteiger partial charge in [-0.3, -0.25) is 9.97 Å². The molecule has 0 bridgehead atoms. The molecule has 4 nitrogen and oxygen atoms in total. The average Bonchev–Trinajstić information content (AvgIpc) is 2.68. The van der Waals surface area contributed by atoms with Gasteiger partial charge in [-0.2, -0.15) is 13.2 Å². The molecule has 1 N–H and O–H groups in total. The molecule has 0 radical (unpaired) electrons. The fourth-order valence-corrected chi connectivity index (χ4v) is 3.50. The Balaban J connectivity index is 0.000000279. The zero-order valence-corrected chi connectivity index (χ0v) is 15.0. The summed E-state index contributed by atoms with van der Waals surface area (Å²) in [5.74, 6) is -2.76. The van der Waals surface area contributed by atoms with Crippen LogP contribution in [0.25, 0.3) is 21.8 Å². The number of carbonyl (C=O) groups is 1. The summed E-state index contributed by atoms with van der Waals surface area (Å²) in [6, 6.07) is 20.6. The lowest BCUT2D eigenvalue weighted by molar-refractivity contribution is -0.192. The topological polar surface area (TPSA) is 63.1 Å². The molecule has 2 aromatic heterocycles. The molecule has 8 heteroatoms. The van der Waals surface area contributed by atoms with E-state index in [1.807, 2.05) is 36.7 Å². The number of benzene rings is 2. The largest absolute Gasteiger partial charge is 0.490 e. The maximum Gasteiger partial charge on any atom is 0.490 e. The molecule has 2 aromatic carbocycles. The highest BCUT2D eigenvalue weighted by atomic mass is 32.2. The smallest absolute Gasteiger partial charge is 0.475 e. The van der Waals surface area contributed by atoms with Gasteiger partial charge in [-0.25, -0.2) is 4.79 Å². The molecule has 4 rings (SSSR count). The van der Waals surface area contributed by atoms with E-state index in [4.69, 9.17) is 9.90 Å². The van der Waals surface area contributed by atoms with Gasteiger partial charge in [0.15, 0.2) is 0 Å². The van der Waals surface area contributed by atoms with Crippen LogP contribution in [-0.2, 0) is 4.79 Å². The van der Waals surface area contributed by atoms with Crippen LogP contribution >= 0.6 is 11.8 Å². The van der Waals surface area contributed by atoms with Crippen molar-refractivity contribution < 1.29 is 23.1 Å². The van der Waals surface area contributed by atoms with Crippen LogP contribution in [0.3, 0.4) is 0 Å². The van der Waals surface area contributed by atoms with E-state index in [1.54, 1.807) is 11.8 Å². The Labute approximate surface area is 162 Å². The average molecular weight is 402 g/mol. The quantitative estimate of drug-likeness (QED) is 0.475. The van der Waals surface area contributed by atoms with E-state index < -0.39 is 12.1 Å². The molecule has 4 aromatic rings. The molecule has 0 atom stereocenters. The minimum Gasteiger partial charge on any atom is -0.475 e. The standard InChI is InChI=1S/C18H12N2S.C2HF3O2/c1-3-7-15-13(5-1)17(9-11-19-15)21-18-10-12-20-16-8-4-2-6-14(16)18;3-2(4,5)1(6)7/h1-12H;(H,6,7). The van der Waals surface area contributed by atoms with Gasteiger partial charge in [0.05, 0.1) is 11.0 Å². The Hall–Kier alpha value is -3.13. The van der Waals surface area contributed by atoms with E-state index >= 15 is 0 Å². The summed E-state index contributed by atoms with van der Waals surface area (Å²) in [7, 11) is 0. The molecule has 0 fully saturated rings. The maximum atomic E-state index is 10.6. The third-order valence-corrected chi connectivity index (χ3v) is 4.83. The predicted octanol–water partition coefficient (Wildman–Crippen LogP) is 5.57. The minimum absolute atomic E-state index is 1.03. The molecule has 142 valence electrons. The van der Waals surface area contributed by atoms with Gasteiger partial charge >= 0.3 is 12.1 Å². The Kier molecular flexibility index (Phi) is 5.79. The number of fused-ring (bicyclic) bond motifs is 2. The Morgan fingerprint density at radius 1 is 0.786 bits per heavy atom. The summed E-state index contributed by atoms with van der Waals surface area (Å²) < 4.78 is 31.7. The first kappa shape index (κ1) is 19.6. The van der Waals surface area contributed by atoms with E-state index in [0.29, 0.717) is 0 Å². The number of hydrogen-bond donors (Lipinski definition) is 1. The van der Waals surface area contributed by atoms with E-state index in [1.165, 1.54) is 20.6 Å². The van der Waals surface area contributed by atoms with E-state index in [9.17, 15) is 13.2 Å². The highest BCUT2D eigenvalue weighted by Gasteiger charge is 2.38. The summed E-state index contributed by atoms with van der Waals surface area (Å²) in [6.45, 7) is 0. The first-order valence-electron chi connectivity index (χ1n) is 8.02. The van der Waals surface area contributed by atoms with Crippen LogP contribution in [0, 0.1) is 0 Å². The van der Waals surface area contributed by atoms with Crippen LogP contribution in [0.5, 0.6) is 0 Å². The van der Waals surface area contributed by atoms with Crippen molar-refractivity contribution >= 4 is 39.5 Å². The van der Waals surface area contributed by atoms with E-state index in [-0.39, 0.29) is 0 Å². The molecule has 0 amide bonds. The fraction of sp³-hybridized carbons (Fsp3) is 0.0500. The van der Waals surface area contributed by atoms with Gasteiger partial charge in [-0.05, 0) is 24.3 Å². The lowest BCUT2D eigenvalue weighted by Crippen LogP contribution is -2.21. The summed E-state index contributed by atoms with van der Waals surface area (Å²) in [5.41, 5.74) is 2.06. The van der Waals surface area contributed by atoms with Crippen molar-refractivity contribution in [2.24, 2.45) is 0 Å². The zero-order chi connectivity index (χ0) is 20.1. The third kappa shape index (κ3) is 4.58. The van der Waals surface area contributed by atoms with Crippen LogP contribution in [0.15, 0.2) is 82.8 Å². The van der Waals surface area contributed by atoms with Crippen molar-refractivity contribution in [3.8, 4) is 0 Å². The Morgan fingerprint density at radius 3 is 1.57 bits per heavy atom. The number of alkyl halides is 3. The predicted molar refractivity (Wildman–Crippen MR) is 101 cm³/mol. The van der Waals surface area contributed by atoms with Gasteiger partial charge < -0.3 is 5.11 Å². The zero-order valence-electron chi connectivity index (χ0n) is 14.2. The molecule has 0 saturated heterocycles. The number of aromatic nitrogens is 2. The number of aliphatic carboxylic acids is 1. The number of para-hydroxylation sites is 2. The second-order valence-corrected chi connectivity index (χ2v) is 6.64. The lowest BCUT2D eigenvalue weighted by Gasteiger charge is -2.08. The molecule has 0 aliphatic heterocycles. The second-order valence-electron chi connectivity index (χ2n) is 5.56. The summed E-state index contributed by atoms with van der Waals surface area (Å²) in [6.07, 6.45) is -1.35. The molecular weight excluding hydrogens is 389 g/mol. The number of nitrogens with zero attached hydrogens (tertiary/aromatic N) is 2. The van der Waals surface area contributed by atoms with Crippen molar-refractivity contribution in [2.75, 3.05) is 0 Å². The first-order valence-corrected chi connectivity index (χ1v) is 8.83. The molecule has 0 aliphatic rings. The molecule has 0 saturated carbocycles. The van der Waals surface area contributed by atoms with Gasteiger partial charge in [0.2, 0.25) is 0 Å². The maximum absolute atomic E-state index is 10.6. The van der Waals surface area contributed by atoms with E-state index in [0.717, 1.165) is 11.0 Å². The lowest BCUT2D eigenvalue weighted by atomic mass is 10.2. The number of carboxylic acid groups (broad SMARTS) is 1. The van der Waals surface area contributed by atoms with Gasteiger partial charge in [-0.1, -0.05) is 48.2 Å². The summed E-state index contributed by atoms with van der Waals surface area (Å²) >= 11 is 1.77. The number of carboxylic acids is 1. The highest BCUT2D eigenvalue weighted by Crippen LogP contribution is 2.35. The molecular formula is C20H13F3N2O2S. The minimum atomic E-state index is -5.08. The molecule has 0 spiro atoms. The van der Waals surface area contributed by atoms with Crippen molar-refractivity contribution in [1.29, 1.82) is 0 Å². The summed E-state index contributed by atoms with van der Waals surface area (Å²) in [5, 5.41) is 9.50. The SMILES string of the molecule is O=C(O)C(F)(F)F.c1ccc2c(Sc3ccnc4ccccc34)ccnc2c1. The van der Waals surface area contributed by atoms with Gasteiger partial charge in [0.25, 0.3) is 0 Å². The highest BCUT2D eigenvalue weighted by molar-refractivity contribution is 7.99. The van der Waals surface area contributed by atoms with Crippen LogP contribution < -0.4 is 0 Å². The Bertz CT molecular complexity index is 1050. The molecule has 2 heterocycles. The van der Waals surface area contributed by atoms with E-state index in [2.05, 4.69) is 46.4 Å². The van der Waals surface area contributed by atoms with Gasteiger partial charge in [0, 0.05) is 33.0 Å². The first-order chi connectivity index (χ1) is 13.4. The van der Waals surface area contributed by atoms with Crippen LogP contribution in [0.4, 0.5) is 13.2 Å². The van der Waals surface area contributed by atoms with Crippen molar-refractivity contribution in [1.82, 2.24) is 9.97 Å². The van der Waals surface area contributed by atoms with Crippen LogP contribution in [-0.4, -0.2) is 27.2 Å². The Morgan fingerprint density at radius 2 is 1.18 bits per heavy atom. The van der Waals surface area contributed by atoms with Gasteiger partial charge in [-0.15, -0.1) is 0 Å². The molecule has 28 heavy (non-hydrogen) atoms. The monoisotopic (exact) mass is 402 g/mol. The van der Waals surface area contributed by atoms with Crippen LogP contribution in [0.2, 0.25) is 0 Å². The van der Waals surface area contributed by atoms with Crippen molar-refractivity contribution in [3.05, 3.63) is 73.1 Å². The van der Waals surface area contributed by atoms with Gasteiger partial charge in [0.1, 0.15) is 0 Å². The number of rotatable bonds is 2. The molecule has 0 unspecified atom stereocenters.